The molecule has 0 radical (unpaired) electrons. The summed E-state index contributed by atoms with van der Waals surface area (Å²) in [6, 6.07) is 12.3. The van der Waals surface area contributed by atoms with Crippen LogP contribution in [-0.4, -0.2) is 37.0 Å². The van der Waals surface area contributed by atoms with E-state index in [2.05, 4.69) is 31.1 Å². The highest BCUT2D eigenvalue weighted by molar-refractivity contribution is 7.22. The van der Waals surface area contributed by atoms with Gasteiger partial charge in [-0.05, 0) is 46.8 Å². The number of nitrogens with one attached hydrogen (secondary N) is 2. The molecule has 2 heterocycles. The molecule has 10 heteroatoms. The van der Waals surface area contributed by atoms with Crippen LogP contribution in [0.5, 0.6) is 0 Å². The van der Waals surface area contributed by atoms with Crippen molar-refractivity contribution in [1.82, 2.24) is 25.2 Å². The monoisotopic (exact) mass is 379 g/mol. The molecule has 0 bridgehead atoms. The van der Waals surface area contributed by atoms with Crippen LogP contribution in [0, 0.1) is 0 Å². The van der Waals surface area contributed by atoms with Crippen molar-refractivity contribution in [2.45, 2.75) is 6.92 Å². The van der Waals surface area contributed by atoms with Crippen molar-refractivity contribution in [2.75, 3.05) is 10.6 Å². The van der Waals surface area contributed by atoms with Crippen LogP contribution in [0.1, 0.15) is 17.3 Å². The first-order valence-electron chi connectivity index (χ1n) is 7.91. The van der Waals surface area contributed by atoms with Crippen LogP contribution in [0.4, 0.5) is 10.8 Å². The fourth-order valence-corrected chi connectivity index (χ4v) is 3.40. The molecule has 0 saturated heterocycles. The van der Waals surface area contributed by atoms with Gasteiger partial charge in [0.05, 0.1) is 15.9 Å². The van der Waals surface area contributed by atoms with Gasteiger partial charge in [0.25, 0.3) is 5.91 Å². The van der Waals surface area contributed by atoms with Crippen molar-refractivity contribution >= 4 is 44.2 Å². The van der Waals surface area contributed by atoms with E-state index in [1.54, 1.807) is 36.4 Å². The number of carbonyl (C=O) groups is 2. The van der Waals surface area contributed by atoms with Crippen molar-refractivity contribution in [3.63, 3.8) is 0 Å². The maximum absolute atomic E-state index is 12.6. The zero-order valence-corrected chi connectivity index (χ0v) is 14.9. The topological polar surface area (TPSA) is 115 Å². The zero-order chi connectivity index (χ0) is 18.8. The summed E-state index contributed by atoms with van der Waals surface area (Å²) in [6.07, 6.45) is 1.46. The third-order valence-electron chi connectivity index (χ3n) is 3.65. The Morgan fingerprint density at radius 3 is 2.78 bits per heavy atom. The van der Waals surface area contributed by atoms with Gasteiger partial charge < -0.3 is 5.32 Å². The number of anilines is 2. The van der Waals surface area contributed by atoms with Gasteiger partial charge in [-0.3, -0.25) is 14.9 Å². The molecule has 2 amide bonds. The normalized spacial score (nSPS) is 10.7. The molecule has 27 heavy (non-hydrogen) atoms. The second kappa shape index (κ2) is 6.92. The van der Waals surface area contributed by atoms with Gasteiger partial charge in [0, 0.05) is 18.2 Å². The largest absolute Gasteiger partial charge is 0.326 e. The van der Waals surface area contributed by atoms with E-state index in [0.29, 0.717) is 22.1 Å². The first-order valence-corrected chi connectivity index (χ1v) is 8.73. The molecule has 4 rings (SSSR count). The lowest BCUT2D eigenvalue weighted by molar-refractivity contribution is -0.114. The fraction of sp³-hybridized carbons (Fsp3) is 0.0588. The molecule has 0 aliphatic rings. The highest BCUT2D eigenvalue weighted by atomic mass is 32.1. The van der Waals surface area contributed by atoms with Crippen molar-refractivity contribution in [1.29, 1.82) is 0 Å². The van der Waals surface area contributed by atoms with Crippen molar-refractivity contribution < 1.29 is 9.59 Å². The number of tetrazole rings is 1. The van der Waals surface area contributed by atoms with Crippen LogP contribution in [0.15, 0.2) is 48.8 Å². The third-order valence-corrected chi connectivity index (χ3v) is 4.58. The lowest BCUT2D eigenvalue weighted by Crippen LogP contribution is -2.12. The Morgan fingerprint density at radius 1 is 1.11 bits per heavy atom. The predicted molar refractivity (Wildman–Crippen MR) is 101 cm³/mol. The van der Waals surface area contributed by atoms with Crippen LogP contribution in [-0.2, 0) is 4.79 Å². The van der Waals surface area contributed by atoms with E-state index in [0.717, 1.165) is 10.2 Å². The van der Waals surface area contributed by atoms with Crippen molar-refractivity contribution in [3.05, 3.63) is 54.4 Å². The van der Waals surface area contributed by atoms with Crippen LogP contribution >= 0.6 is 11.3 Å². The van der Waals surface area contributed by atoms with Crippen LogP contribution in [0.3, 0.4) is 0 Å². The van der Waals surface area contributed by atoms with Gasteiger partial charge in [0.2, 0.25) is 5.91 Å². The van der Waals surface area contributed by atoms with E-state index < -0.39 is 0 Å². The second-order valence-electron chi connectivity index (χ2n) is 5.64. The molecule has 134 valence electrons. The maximum Gasteiger partial charge on any atom is 0.257 e. The van der Waals surface area contributed by atoms with Gasteiger partial charge in [0.1, 0.15) is 6.33 Å². The number of fused-ring (bicyclic) bond motifs is 1. The lowest BCUT2D eigenvalue weighted by Gasteiger charge is -2.04. The average molecular weight is 379 g/mol. The molecule has 2 N–H and O–H groups in total. The van der Waals surface area contributed by atoms with Gasteiger partial charge in [-0.25, -0.2) is 9.67 Å². The number of thiazole rings is 1. The number of amides is 2. The molecule has 2 aromatic carbocycles. The van der Waals surface area contributed by atoms with E-state index in [1.165, 1.54) is 29.3 Å². The van der Waals surface area contributed by atoms with Gasteiger partial charge >= 0.3 is 0 Å². The van der Waals surface area contributed by atoms with Crippen LogP contribution in [0.25, 0.3) is 15.9 Å². The summed E-state index contributed by atoms with van der Waals surface area (Å²) in [5, 5.41) is 17.0. The number of carbonyl (C=O) groups excluding carboxylic acids is 2. The molecular weight excluding hydrogens is 366 g/mol. The van der Waals surface area contributed by atoms with E-state index in [-0.39, 0.29) is 11.8 Å². The SMILES string of the molecule is CC(=O)Nc1ccc2nc(NC(=O)c3cccc(-n4cnnn4)c3)sc2c1. The number of rotatable bonds is 4. The summed E-state index contributed by atoms with van der Waals surface area (Å²) in [4.78, 5) is 28.1. The molecule has 0 fully saturated rings. The quantitative estimate of drug-likeness (QED) is 0.563. The van der Waals surface area contributed by atoms with Crippen LogP contribution in [0.2, 0.25) is 0 Å². The van der Waals surface area contributed by atoms with Gasteiger partial charge in [-0.1, -0.05) is 17.4 Å². The molecule has 2 aromatic heterocycles. The predicted octanol–water partition coefficient (Wildman–Crippen LogP) is 2.48. The molecule has 0 aliphatic heterocycles. The highest BCUT2D eigenvalue weighted by Gasteiger charge is 2.12. The Bertz CT molecular complexity index is 1140. The van der Waals surface area contributed by atoms with E-state index in [9.17, 15) is 9.59 Å². The van der Waals surface area contributed by atoms with Crippen LogP contribution < -0.4 is 10.6 Å². The van der Waals surface area contributed by atoms with E-state index in [4.69, 9.17) is 0 Å². The van der Waals surface area contributed by atoms with Crippen molar-refractivity contribution in [3.8, 4) is 5.69 Å². The number of nitrogens with zero attached hydrogens (tertiary/aromatic N) is 5. The zero-order valence-electron chi connectivity index (χ0n) is 14.1. The second-order valence-corrected chi connectivity index (χ2v) is 6.67. The summed E-state index contributed by atoms with van der Waals surface area (Å²) in [5.74, 6) is -0.430. The number of hydrogen-bond acceptors (Lipinski definition) is 7. The molecule has 0 aliphatic carbocycles. The smallest absolute Gasteiger partial charge is 0.257 e. The summed E-state index contributed by atoms with van der Waals surface area (Å²) in [5.41, 5.74) is 2.57. The molecule has 0 atom stereocenters. The van der Waals surface area contributed by atoms with Crippen molar-refractivity contribution in [2.24, 2.45) is 0 Å². The Morgan fingerprint density at radius 2 is 2.00 bits per heavy atom. The standard InChI is InChI=1S/C17H13N7O2S/c1-10(25)19-12-5-6-14-15(8-12)27-17(20-14)21-16(26)11-3-2-4-13(7-11)24-9-18-22-23-24/h2-9H,1H3,(H,19,25)(H,20,21,26). The maximum atomic E-state index is 12.6. The molecule has 0 saturated carbocycles. The highest BCUT2D eigenvalue weighted by Crippen LogP contribution is 2.28. The summed E-state index contributed by atoms with van der Waals surface area (Å²) >= 11 is 1.33. The number of benzene rings is 2. The number of hydrogen-bond donors (Lipinski definition) is 2. The Balaban J connectivity index is 1.56. The van der Waals surface area contributed by atoms with Gasteiger partial charge in [0.15, 0.2) is 5.13 Å². The minimum atomic E-state index is -0.286. The summed E-state index contributed by atoms with van der Waals surface area (Å²) < 4.78 is 2.33. The average Bonchev–Trinajstić information content (AvgIpc) is 3.30. The molecule has 9 nitrogen and oxygen atoms in total. The molecule has 0 unspecified atom stereocenters. The summed E-state index contributed by atoms with van der Waals surface area (Å²) in [6.45, 7) is 1.45. The lowest BCUT2D eigenvalue weighted by atomic mass is 10.2. The Kier molecular flexibility index (Phi) is 4.30. The van der Waals surface area contributed by atoms with Gasteiger partial charge in [-0.15, -0.1) is 5.10 Å². The molecule has 0 spiro atoms. The Hall–Kier alpha value is -3.66. The minimum Gasteiger partial charge on any atom is -0.326 e. The third kappa shape index (κ3) is 3.65. The van der Waals surface area contributed by atoms with E-state index in [1.807, 2.05) is 6.07 Å². The Labute approximate surface area is 157 Å². The molecule has 4 aromatic rings. The molecular formula is C17H13N7O2S. The first kappa shape index (κ1) is 16.8. The fourth-order valence-electron chi connectivity index (χ4n) is 2.50. The van der Waals surface area contributed by atoms with E-state index >= 15 is 0 Å². The summed E-state index contributed by atoms with van der Waals surface area (Å²) in [7, 11) is 0. The number of aromatic nitrogens is 5. The van der Waals surface area contributed by atoms with Gasteiger partial charge in [-0.2, -0.15) is 0 Å². The first-order chi connectivity index (χ1) is 13.1. The minimum absolute atomic E-state index is 0.144.